The molecular formula is C14H18N2O2S. The number of aromatic nitrogens is 2. The van der Waals surface area contributed by atoms with Crippen LogP contribution in [-0.4, -0.2) is 27.7 Å². The van der Waals surface area contributed by atoms with E-state index in [1.54, 1.807) is 36.8 Å². The molecule has 1 atom stereocenters. The van der Waals surface area contributed by atoms with Crippen LogP contribution in [0.15, 0.2) is 35.4 Å². The van der Waals surface area contributed by atoms with E-state index in [0.717, 1.165) is 4.90 Å². The van der Waals surface area contributed by atoms with Gasteiger partial charge >= 0.3 is 0 Å². The molecule has 1 aromatic heterocycles. The second-order valence-corrected chi connectivity index (χ2v) is 5.46. The lowest BCUT2D eigenvalue weighted by atomic mass is 10.2. The summed E-state index contributed by atoms with van der Waals surface area (Å²) in [7, 11) is 3.39. The molecule has 0 saturated carbocycles. The van der Waals surface area contributed by atoms with Gasteiger partial charge < -0.3 is 9.84 Å². The van der Waals surface area contributed by atoms with Gasteiger partial charge in [0.15, 0.2) is 5.75 Å². The third-order valence-electron chi connectivity index (χ3n) is 2.91. The van der Waals surface area contributed by atoms with E-state index in [1.807, 2.05) is 0 Å². The second kappa shape index (κ2) is 6.12. The molecule has 2 aromatic rings. The number of nitrogens with zero attached hydrogens (tertiary/aromatic N) is 2. The quantitative estimate of drug-likeness (QED) is 0.854. The maximum Gasteiger partial charge on any atom is 0.162 e. The molecule has 0 aliphatic heterocycles. The van der Waals surface area contributed by atoms with Gasteiger partial charge in [0.05, 0.1) is 13.3 Å². The van der Waals surface area contributed by atoms with E-state index < -0.39 is 6.10 Å². The largest absolute Gasteiger partial charge is 0.493 e. The number of hydrogen-bond acceptors (Lipinski definition) is 4. The Kier molecular flexibility index (Phi) is 4.50. The maximum atomic E-state index is 10.3. The Bertz CT molecular complexity index is 537. The topological polar surface area (TPSA) is 47.3 Å². The summed E-state index contributed by atoms with van der Waals surface area (Å²) in [6.45, 7) is 2.06. The van der Waals surface area contributed by atoms with Crippen LogP contribution in [0.1, 0.15) is 17.4 Å². The van der Waals surface area contributed by atoms with Gasteiger partial charge in [0.2, 0.25) is 0 Å². The Hall–Kier alpha value is -1.46. The van der Waals surface area contributed by atoms with Crippen LogP contribution in [0.4, 0.5) is 0 Å². The van der Waals surface area contributed by atoms with Crippen LogP contribution >= 0.6 is 11.8 Å². The van der Waals surface area contributed by atoms with Gasteiger partial charge in [-0.3, -0.25) is 4.68 Å². The highest BCUT2D eigenvalue weighted by molar-refractivity contribution is 7.99. The molecule has 0 bridgehead atoms. The first-order chi connectivity index (χ1) is 9.11. The first-order valence-electron chi connectivity index (χ1n) is 6.05. The number of rotatable bonds is 5. The Morgan fingerprint density at radius 3 is 2.68 bits per heavy atom. The third kappa shape index (κ3) is 3.30. The number of aryl methyl sites for hydroxylation is 2. The van der Waals surface area contributed by atoms with Gasteiger partial charge in [0.1, 0.15) is 11.8 Å². The Morgan fingerprint density at radius 2 is 2.05 bits per heavy atom. The lowest BCUT2D eigenvalue weighted by molar-refractivity contribution is 0.188. The minimum atomic E-state index is -0.603. The molecule has 0 radical (unpaired) electrons. The van der Waals surface area contributed by atoms with E-state index in [2.05, 4.69) is 36.3 Å². The minimum absolute atomic E-state index is 0.568. The van der Waals surface area contributed by atoms with Crippen LogP contribution in [0.25, 0.3) is 0 Å². The van der Waals surface area contributed by atoms with Gasteiger partial charge in [-0.15, -0.1) is 11.8 Å². The first kappa shape index (κ1) is 14.0. The molecule has 1 N–H and O–H groups in total. The summed E-state index contributed by atoms with van der Waals surface area (Å²) in [5.41, 5.74) is 1.94. The van der Waals surface area contributed by atoms with Crippen molar-refractivity contribution in [2.75, 3.05) is 12.9 Å². The fourth-order valence-electron chi connectivity index (χ4n) is 1.85. The zero-order valence-electron chi connectivity index (χ0n) is 11.3. The van der Waals surface area contributed by atoms with E-state index in [9.17, 15) is 5.11 Å². The zero-order chi connectivity index (χ0) is 13.8. The van der Waals surface area contributed by atoms with Crippen LogP contribution in [0.3, 0.4) is 0 Å². The van der Waals surface area contributed by atoms with Gasteiger partial charge in [0, 0.05) is 17.7 Å². The van der Waals surface area contributed by atoms with Crippen LogP contribution < -0.4 is 4.74 Å². The van der Waals surface area contributed by atoms with E-state index in [-0.39, 0.29) is 0 Å². The minimum Gasteiger partial charge on any atom is -0.493 e. The number of aliphatic hydroxyl groups is 1. The molecule has 1 aromatic carbocycles. The highest BCUT2D eigenvalue weighted by atomic mass is 32.2. The molecule has 2 rings (SSSR count). The number of benzene rings is 1. The normalized spacial score (nSPS) is 12.4. The summed E-state index contributed by atoms with van der Waals surface area (Å²) in [4.78, 5) is 1.14. The second-order valence-electron chi connectivity index (χ2n) is 4.36. The van der Waals surface area contributed by atoms with Crippen molar-refractivity contribution >= 4 is 11.8 Å². The molecule has 0 saturated heterocycles. The number of aliphatic hydroxyl groups excluding tert-OH is 1. The van der Waals surface area contributed by atoms with Crippen molar-refractivity contribution in [1.82, 2.24) is 9.78 Å². The van der Waals surface area contributed by atoms with Crippen molar-refractivity contribution in [3.8, 4) is 5.75 Å². The Balaban J connectivity index is 2.03. The summed E-state index contributed by atoms with van der Waals surface area (Å²) in [6, 6.07) is 8.26. The van der Waals surface area contributed by atoms with Gasteiger partial charge in [-0.1, -0.05) is 17.7 Å². The molecule has 4 nitrogen and oxygen atoms in total. The average molecular weight is 278 g/mol. The van der Waals surface area contributed by atoms with Crippen LogP contribution in [0.5, 0.6) is 5.75 Å². The Labute approximate surface area is 117 Å². The van der Waals surface area contributed by atoms with Crippen LogP contribution in [-0.2, 0) is 7.05 Å². The highest BCUT2D eigenvalue weighted by Crippen LogP contribution is 2.29. The summed E-state index contributed by atoms with van der Waals surface area (Å²) in [5, 5.41) is 14.4. The van der Waals surface area contributed by atoms with E-state index >= 15 is 0 Å². The van der Waals surface area contributed by atoms with Crippen molar-refractivity contribution < 1.29 is 9.84 Å². The predicted octanol–water partition coefficient (Wildman–Crippen LogP) is 2.56. The molecule has 0 spiro atoms. The Morgan fingerprint density at radius 1 is 1.37 bits per heavy atom. The van der Waals surface area contributed by atoms with Gasteiger partial charge in [-0.2, -0.15) is 5.10 Å². The zero-order valence-corrected chi connectivity index (χ0v) is 12.1. The highest BCUT2D eigenvalue weighted by Gasteiger charge is 2.18. The predicted molar refractivity (Wildman–Crippen MR) is 76.6 cm³/mol. The fourth-order valence-corrected chi connectivity index (χ4v) is 2.69. The third-order valence-corrected chi connectivity index (χ3v) is 4.00. The van der Waals surface area contributed by atoms with E-state index in [4.69, 9.17) is 4.74 Å². The number of hydrogen-bond donors (Lipinski definition) is 1. The van der Waals surface area contributed by atoms with Crippen molar-refractivity contribution in [2.45, 2.75) is 17.9 Å². The number of ether oxygens (including phenoxy) is 1. The van der Waals surface area contributed by atoms with Crippen molar-refractivity contribution in [3.63, 3.8) is 0 Å². The SMILES string of the molecule is COc1cnn(C)c1C(O)CSc1ccc(C)cc1. The molecule has 0 fully saturated rings. The summed E-state index contributed by atoms with van der Waals surface area (Å²) < 4.78 is 6.85. The lowest BCUT2D eigenvalue weighted by Crippen LogP contribution is -2.08. The van der Waals surface area contributed by atoms with Crippen molar-refractivity contribution in [2.24, 2.45) is 7.05 Å². The molecule has 0 amide bonds. The van der Waals surface area contributed by atoms with Gasteiger partial charge in [-0.25, -0.2) is 0 Å². The number of methoxy groups -OCH3 is 1. The molecule has 102 valence electrons. The smallest absolute Gasteiger partial charge is 0.162 e. The standard InChI is InChI=1S/C14H18N2O2S/c1-10-4-6-11(7-5-10)19-9-12(17)14-13(18-3)8-15-16(14)2/h4-8,12,17H,9H2,1-3H3. The van der Waals surface area contributed by atoms with Gasteiger partial charge in [0.25, 0.3) is 0 Å². The average Bonchev–Trinajstić information content (AvgIpc) is 2.79. The van der Waals surface area contributed by atoms with Crippen LogP contribution in [0.2, 0.25) is 0 Å². The summed E-state index contributed by atoms with van der Waals surface area (Å²) in [6.07, 6.45) is 1.02. The molecule has 0 aliphatic carbocycles. The summed E-state index contributed by atoms with van der Waals surface area (Å²) >= 11 is 1.62. The molecule has 1 heterocycles. The molecule has 5 heteroatoms. The van der Waals surface area contributed by atoms with Crippen molar-refractivity contribution in [1.29, 1.82) is 0 Å². The fraction of sp³-hybridized carbons (Fsp3) is 0.357. The van der Waals surface area contributed by atoms with Crippen molar-refractivity contribution in [3.05, 3.63) is 41.7 Å². The number of thioether (sulfide) groups is 1. The summed E-state index contributed by atoms with van der Waals surface area (Å²) in [5.74, 6) is 1.19. The van der Waals surface area contributed by atoms with Gasteiger partial charge in [-0.05, 0) is 19.1 Å². The first-order valence-corrected chi connectivity index (χ1v) is 7.03. The lowest BCUT2D eigenvalue weighted by Gasteiger charge is -2.12. The molecule has 0 aliphatic rings. The monoisotopic (exact) mass is 278 g/mol. The van der Waals surface area contributed by atoms with E-state index in [0.29, 0.717) is 17.2 Å². The van der Waals surface area contributed by atoms with E-state index in [1.165, 1.54) is 5.56 Å². The molecular weight excluding hydrogens is 260 g/mol. The maximum absolute atomic E-state index is 10.3. The molecule has 19 heavy (non-hydrogen) atoms. The molecule has 1 unspecified atom stereocenters. The van der Waals surface area contributed by atoms with Crippen LogP contribution in [0, 0.1) is 6.92 Å².